The Labute approximate surface area is 59.7 Å². The van der Waals surface area contributed by atoms with Crippen LogP contribution in [0.3, 0.4) is 0 Å². The highest BCUT2D eigenvalue weighted by Gasteiger charge is 1.98. The predicted molar refractivity (Wildman–Crippen MR) is 37.4 cm³/mol. The summed E-state index contributed by atoms with van der Waals surface area (Å²) in [5.74, 6) is 0. The quantitative estimate of drug-likeness (QED) is 0.542. The van der Waals surface area contributed by atoms with E-state index in [4.69, 9.17) is 9.47 Å². The fourth-order valence-corrected chi connectivity index (χ4v) is 0.496. The van der Waals surface area contributed by atoms with Crippen molar-refractivity contribution in [3.63, 3.8) is 0 Å². The van der Waals surface area contributed by atoms with Crippen molar-refractivity contribution in [3.8, 4) is 0 Å². The summed E-state index contributed by atoms with van der Waals surface area (Å²) in [6, 6.07) is 0. The van der Waals surface area contributed by atoms with E-state index in [0.29, 0.717) is 12.7 Å². The third kappa shape index (κ3) is 1.96. The van der Waals surface area contributed by atoms with Crippen LogP contribution in [-0.2, 0) is 9.47 Å². The van der Waals surface area contributed by atoms with Gasteiger partial charge in [0.25, 0.3) is 0 Å². The van der Waals surface area contributed by atoms with Crippen molar-refractivity contribution in [2.75, 3.05) is 6.61 Å². The fourth-order valence-electron chi connectivity index (χ4n) is 0.496. The average molecular weight is 139 g/mol. The second-order valence-electron chi connectivity index (χ2n) is 1.77. The van der Waals surface area contributed by atoms with Crippen LogP contribution in [-0.4, -0.2) is 12.7 Å². The summed E-state index contributed by atoms with van der Waals surface area (Å²) < 4.78 is 9.90. The lowest BCUT2D eigenvalue weighted by Gasteiger charge is -2.04. The summed E-state index contributed by atoms with van der Waals surface area (Å²) >= 11 is 0. The van der Waals surface area contributed by atoms with E-state index in [9.17, 15) is 0 Å². The van der Waals surface area contributed by atoms with Gasteiger partial charge in [-0.25, -0.2) is 0 Å². The molecule has 0 radical (unpaired) electrons. The van der Waals surface area contributed by atoms with Gasteiger partial charge >= 0.3 is 6.08 Å². The summed E-state index contributed by atoms with van der Waals surface area (Å²) in [7, 11) is 0. The molecule has 0 N–H and O–H groups in total. The number of nitrogens with zero attached hydrogens (tertiary/aromatic N) is 1. The van der Waals surface area contributed by atoms with Crippen molar-refractivity contribution < 1.29 is 9.47 Å². The third-order valence-corrected chi connectivity index (χ3v) is 0.902. The molecule has 10 heavy (non-hydrogen) atoms. The van der Waals surface area contributed by atoms with Gasteiger partial charge in [0.15, 0.2) is 0 Å². The van der Waals surface area contributed by atoms with Gasteiger partial charge < -0.3 is 9.47 Å². The molecule has 0 saturated heterocycles. The first-order chi connectivity index (χ1) is 4.93. The van der Waals surface area contributed by atoms with Crippen LogP contribution >= 0.6 is 0 Å². The molecular formula is C7H9NO2. The molecule has 1 aliphatic heterocycles. The molecule has 0 aromatic heterocycles. The van der Waals surface area contributed by atoms with Crippen LogP contribution < -0.4 is 0 Å². The van der Waals surface area contributed by atoms with E-state index < -0.39 is 0 Å². The average Bonchev–Trinajstić information content (AvgIpc) is 2.03. The summed E-state index contributed by atoms with van der Waals surface area (Å²) in [5.41, 5.74) is 2.65. The van der Waals surface area contributed by atoms with E-state index in [-0.39, 0.29) is 0 Å². The Bertz CT molecular complexity index is 190. The van der Waals surface area contributed by atoms with Crippen LogP contribution in [0.2, 0.25) is 0 Å². The maximum absolute atomic E-state index is 5.06. The van der Waals surface area contributed by atoms with Crippen molar-refractivity contribution in [2.45, 2.75) is 13.3 Å². The molecule has 1 rings (SSSR count). The van der Waals surface area contributed by atoms with Gasteiger partial charge in [0, 0.05) is 0 Å². The molecular weight excluding hydrogens is 130 g/mol. The van der Waals surface area contributed by atoms with E-state index in [2.05, 4.69) is 10.7 Å². The summed E-state index contributed by atoms with van der Waals surface area (Å²) in [6.07, 6.45) is 4.18. The Hall–Kier alpha value is -1.21. The van der Waals surface area contributed by atoms with Gasteiger partial charge in [0.1, 0.15) is 6.26 Å². The van der Waals surface area contributed by atoms with Crippen LogP contribution in [0.4, 0.5) is 0 Å². The second-order valence-corrected chi connectivity index (χ2v) is 1.77. The molecule has 0 fully saturated rings. The molecule has 54 valence electrons. The summed E-state index contributed by atoms with van der Waals surface area (Å²) in [4.78, 5) is 3.77. The maximum Gasteiger partial charge on any atom is 0.394 e. The lowest BCUT2D eigenvalue weighted by Crippen LogP contribution is -2.07. The number of aliphatic imine (C=N–C) groups is 1. The normalized spacial score (nSPS) is 14.3. The number of hydrogen-bond acceptors (Lipinski definition) is 3. The molecule has 0 amide bonds. The van der Waals surface area contributed by atoms with Crippen molar-refractivity contribution in [3.05, 3.63) is 18.2 Å². The lowest BCUT2D eigenvalue weighted by molar-refractivity contribution is 0.215. The molecule has 0 unspecified atom stereocenters. The van der Waals surface area contributed by atoms with Crippen LogP contribution in [0.15, 0.2) is 23.2 Å². The van der Waals surface area contributed by atoms with Crippen molar-refractivity contribution in [1.29, 1.82) is 0 Å². The SMILES string of the molecule is CCCOC1=NC=C=CO1. The molecule has 0 bridgehead atoms. The highest BCUT2D eigenvalue weighted by atomic mass is 16.7. The molecule has 3 nitrogen and oxygen atoms in total. The number of ether oxygens (including phenoxy) is 2. The van der Waals surface area contributed by atoms with Gasteiger partial charge in [0.05, 0.1) is 12.8 Å². The van der Waals surface area contributed by atoms with E-state index >= 15 is 0 Å². The van der Waals surface area contributed by atoms with E-state index in [1.54, 1.807) is 0 Å². The number of rotatable bonds is 2. The predicted octanol–water partition coefficient (Wildman–Crippen LogP) is 1.43. The summed E-state index contributed by atoms with van der Waals surface area (Å²) in [5, 5.41) is 0. The van der Waals surface area contributed by atoms with Gasteiger partial charge in [-0.3, -0.25) is 0 Å². The molecule has 0 aliphatic carbocycles. The standard InChI is InChI=1S/C7H9NO2/c1-2-5-9-7-8-4-3-6-10-7/h4,6H,2,5H2,1H3. The third-order valence-electron chi connectivity index (χ3n) is 0.902. The first-order valence-electron chi connectivity index (χ1n) is 3.20. The summed E-state index contributed by atoms with van der Waals surface area (Å²) in [6.45, 7) is 2.66. The van der Waals surface area contributed by atoms with Crippen LogP contribution in [0.25, 0.3) is 0 Å². The molecule has 0 aromatic carbocycles. The van der Waals surface area contributed by atoms with E-state index in [1.165, 1.54) is 12.5 Å². The minimum absolute atomic E-state index is 0.306. The highest BCUT2D eigenvalue weighted by molar-refractivity contribution is 5.68. The Morgan fingerprint density at radius 1 is 1.80 bits per heavy atom. The van der Waals surface area contributed by atoms with Gasteiger partial charge in [-0.2, -0.15) is 4.99 Å². The smallest absolute Gasteiger partial charge is 0.394 e. The zero-order valence-corrected chi connectivity index (χ0v) is 5.83. The van der Waals surface area contributed by atoms with Gasteiger partial charge in [-0.1, -0.05) is 12.7 Å². The monoisotopic (exact) mass is 139 g/mol. The molecule has 0 atom stereocenters. The Morgan fingerprint density at radius 2 is 2.70 bits per heavy atom. The van der Waals surface area contributed by atoms with E-state index in [1.807, 2.05) is 6.92 Å². The maximum atomic E-state index is 5.06. The zero-order chi connectivity index (χ0) is 7.23. The van der Waals surface area contributed by atoms with Crippen LogP contribution in [0.5, 0.6) is 0 Å². The zero-order valence-electron chi connectivity index (χ0n) is 5.83. The minimum atomic E-state index is 0.306. The van der Waals surface area contributed by atoms with E-state index in [0.717, 1.165) is 6.42 Å². The van der Waals surface area contributed by atoms with Gasteiger partial charge in [0.2, 0.25) is 0 Å². The first kappa shape index (κ1) is 6.90. The first-order valence-corrected chi connectivity index (χ1v) is 3.20. The topological polar surface area (TPSA) is 30.8 Å². The molecule has 1 aliphatic rings. The van der Waals surface area contributed by atoms with Crippen molar-refractivity contribution in [1.82, 2.24) is 0 Å². The fraction of sp³-hybridized carbons (Fsp3) is 0.429. The Kier molecular flexibility index (Phi) is 2.59. The second kappa shape index (κ2) is 3.75. The molecule has 0 saturated carbocycles. The highest BCUT2D eigenvalue weighted by Crippen LogP contribution is 1.93. The molecule has 3 heteroatoms. The minimum Gasteiger partial charge on any atom is -0.450 e. The van der Waals surface area contributed by atoms with Gasteiger partial charge in [-0.05, 0) is 6.42 Å². The lowest BCUT2D eigenvalue weighted by atomic mass is 10.5. The van der Waals surface area contributed by atoms with Crippen molar-refractivity contribution in [2.24, 2.45) is 4.99 Å². The Morgan fingerprint density at radius 3 is 3.30 bits per heavy atom. The molecule has 0 aromatic rings. The van der Waals surface area contributed by atoms with Gasteiger partial charge in [-0.15, -0.1) is 0 Å². The number of hydrogen-bond donors (Lipinski definition) is 0. The Balaban J connectivity index is 2.30. The van der Waals surface area contributed by atoms with Crippen LogP contribution in [0.1, 0.15) is 13.3 Å². The van der Waals surface area contributed by atoms with Crippen LogP contribution in [0, 0.1) is 0 Å². The molecule has 1 heterocycles. The molecule has 0 spiro atoms. The largest absolute Gasteiger partial charge is 0.450 e. The van der Waals surface area contributed by atoms with Crippen molar-refractivity contribution >= 4 is 6.08 Å².